The summed E-state index contributed by atoms with van der Waals surface area (Å²) >= 11 is 0. The number of allylic oxidation sites excluding steroid dienone is 1. The second-order valence-electron chi connectivity index (χ2n) is 6.23. The highest BCUT2D eigenvalue weighted by atomic mass is 19.1. The lowest BCUT2D eigenvalue weighted by Crippen LogP contribution is -2.52. The third kappa shape index (κ3) is 7.85. The van der Waals surface area contributed by atoms with E-state index < -0.39 is 41.5 Å². The quantitative estimate of drug-likeness (QED) is 0.470. The van der Waals surface area contributed by atoms with Crippen molar-refractivity contribution in [3.8, 4) is 0 Å². The van der Waals surface area contributed by atoms with Crippen LogP contribution in [0.5, 0.6) is 0 Å². The van der Waals surface area contributed by atoms with Gasteiger partial charge >= 0.3 is 5.97 Å². The van der Waals surface area contributed by atoms with Crippen LogP contribution in [-0.2, 0) is 25.5 Å². The van der Waals surface area contributed by atoms with Crippen molar-refractivity contribution in [2.24, 2.45) is 0 Å². The Morgan fingerprint density at radius 1 is 1.07 bits per heavy atom. The van der Waals surface area contributed by atoms with Gasteiger partial charge in [-0.1, -0.05) is 26.3 Å². The molecule has 0 aliphatic rings. The van der Waals surface area contributed by atoms with E-state index in [1.54, 1.807) is 13.0 Å². The van der Waals surface area contributed by atoms with E-state index in [-0.39, 0.29) is 18.4 Å². The lowest BCUT2D eigenvalue weighted by Gasteiger charge is -2.21. The third-order valence-corrected chi connectivity index (χ3v) is 3.93. The van der Waals surface area contributed by atoms with Crippen LogP contribution >= 0.6 is 0 Å². The van der Waals surface area contributed by atoms with Gasteiger partial charge in [-0.2, -0.15) is 0 Å². The molecule has 1 aromatic rings. The summed E-state index contributed by atoms with van der Waals surface area (Å²) in [5.74, 6) is -3.37. The average molecular weight is 396 g/mol. The zero-order chi connectivity index (χ0) is 21.1. The normalized spacial score (nSPS) is 13.0. The first kappa shape index (κ1) is 23.3. The van der Waals surface area contributed by atoms with Gasteiger partial charge in [0.25, 0.3) is 0 Å². The van der Waals surface area contributed by atoms with Crippen molar-refractivity contribution in [1.29, 1.82) is 0 Å². The van der Waals surface area contributed by atoms with Gasteiger partial charge in [-0.05, 0) is 36.6 Å². The largest absolute Gasteiger partial charge is 0.467 e. The molecule has 0 unspecified atom stereocenters. The fourth-order valence-corrected chi connectivity index (χ4v) is 2.49. The molecule has 0 aliphatic carbocycles. The van der Waals surface area contributed by atoms with Gasteiger partial charge < -0.3 is 15.4 Å². The highest BCUT2D eigenvalue weighted by Crippen LogP contribution is 2.11. The van der Waals surface area contributed by atoms with Crippen molar-refractivity contribution in [3.63, 3.8) is 0 Å². The Hall–Kier alpha value is -2.77. The SMILES string of the molecule is CCC/C=C/C(=O)N[C@@H](Cc1cc(F)cc(F)c1)C(=O)N[C@@H](CC)C(=O)OC. The summed E-state index contributed by atoms with van der Waals surface area (Å²) in [7, 11) is 1.20. The Morgan fingerprint density at radius 2 is 1.71 bits per heavy atom. The van der Waals surface area contributed by atoms with Crippen LogP contribution in [0.1, 0.15) is 38.7 Å². The molecule has 2 amide bonds. The van der Waals surface area contributed by atoms with Crippen LogP contribution in [-0.4, -0.2) is 37.0 Å². The number of hydrogen-bond donors (Lipinski definition) is 2. The molecule has 1 aromatic carbocycles. The molecule has 0 spiro atoms. The third-order valence-electron chi connectivity index (χ3n) is 3.93. The number of methoxy groups -OCH3 is 1. The van der Waals surface area contributed by atoms with Gasteiger partial charge in [0.2, 0.25) is 11.8 Å². The van der Waals surface area contributed by atoms with Crippen LogP contribution in [0.25, 0.3) is 0 Å². The molecule has 0 radical (unpaired) electrons. The average Bonchev–Trinajstić information content (AvgIpc) is 2.64. The van der Waals surface area contributed by atoms with Crippen LogP contribution in [0.4, 0.5) is 8.78 Å². The predicted octanol–water partition coefficient (Wildman–Crippen LogP) is 2.42. The van der Waals surface area contributed by atoms with Crippen molar-refractivity contribution in [2.45, 2.75) is 51.6 Å². The standard InChI is InChI=1S/C20H26F2N2O4/c1-4-6-7-8-18(25)23-17(11-13-9-14(21)12-15(22)10-13)19(26)24-16(5-2)20(27)28-3/h7-10,12,16-17H,4-6,11H2,1-3H3,(H,23,25)(H,24,26)/b8-7+/t16-,17-/m0/s1. The fourth-order valence-electron chi connectivity index (χ4n) is 2.49. The van der Waals surface area contributed by atoms with E-state index in [0.29, 0.717) is 6.42 Å². The highest BCUT2D eigenvalue weighted by molar-refractivity contribution is 5.94. The molecule has 0 bridgehead atoms. The van der Waals surface area contributed by atoms with Gasteiger partial charge in [0, 0.05) is 12.5 Å². The van der Waals surface area contributed by atoms with Gasteiger partial charge in [0.15, 0.2) is 0 Å². The minimum atomic E-state index is -1.13. The number of esters is 1. The summed E-state index contributed by atoms with van der Waals surface area (Å²) in [5.41, 5.74) is 0.196. The summed E-state index contributed by atoms with van der Waals surface area (Å²) in [6.45, 7) is 3.64. The number of ether oxygens (including phenoxy) is 1. The number of carbonyl (C=O) groups excluding carboxylic acids is 3. The molecule has 8 heteroatoms. The van der Waals surface area contributed by atoms with E-state index >= 15 is 0 Å². The van der Waals surface area contributed by atoms with Gasteiger partial charge in [0.05, 0.1) is 7.11 Å². The zero-order valence-electron chi connectivity index (χ0n) is 16.3. The van der Waals surface area contributed by atoms with Crippen LogP contribution < -0.4 is 10.6 Å². The maximum atomic E-state index is 13.5. The van der Waals surface area contributed by atoms with Crippen molar-refractivity contribution in [1.82, 2.24) is 10.6 Å². The second-order valence-corrected chi connectivity index (χ2v) is 6.23. The Morgan fingerprint density at radius 3 is 2.25 bits per heavy atom. The molecule has 1 rings (SSSR count). The topological polar surface area (TPSA) is 84.5 Å². The van der Waals surface area contributed by atoms with E-state index in [1.807, 2.05) is 6.92 Å². The van der Waals surface area contributed by atoms with Crippen molar-refractivity contribution in [3.05, 3.63) is 47.5 Å². The number of amides is 2. The Balaban J connectivity index is 2.99. The van der Waals surface area contributed by atoms with Gasteiger partial charge in [-0.3, -0.25) is 9.59 Å². The predicted molar refractivity (Wildman–Crippen MR) is 100 cm³/mol. The Labute approximate surface area is 163 Å². The van der Waals surface area contributed by atoms with E-state index in [9.17, 15) is 23.2 Å². The van der Waals surface area contributed by atoms with Crippen LogP contribution in [0.2, 0.25) is 0 Å². The van der Waals surface area contributed by atoms with E-state index in [1.165, 1.54) is 13.2 Å². The van der Waals surface area contributed by atoms with E-state index in [4.69, 9.17) is 0 Å². The number of halogens is 2. The molecule has 0 heterocycles. The minimum Gasteiger partial charge on any atom is -0.467 e. The number of benzene rings is 1. The molecule has 0 saturated heterocycles. The minimum absolute atomic E-state index is 0.147. The van der Waals surface area contributed by atoms with Gasteiger partial charge in [-0.15, -0.1) is 0 Å². The van der Waals surface area contributed by atoms with E-state index in [0.717, 1.165) is 24.6 Å². The number of unbranched alkanes of at least 4 members (excludes halogenated alkanes) is 1. The first-order valence-corrected chi connectivity index (χ1v) is 9.10. The Bertz CT molecular complexity index is 702. The van der Waals surface area contributed by atoms with Gasteiger partial charge in [-0.25, -0.2) is 13.6 Å². The fraction of sp³-hybridized carbons (Fsp3) is 0.450. The molecule has 0 saturated carbocycles. The molecule has 154 valence electrons. The molecular weight excluding hydrogens is 370 g/mol. The maximum Gasteiger partial charge on any atom is 0.328 e. The first-order valence-electron chi connectivity index (χ1n) is 9.10. The lowest BCUT2D eigenvalue weighted by molar-refractivity contribution is -0.145. The summed E-state index contributed by atoms with van der Waals surface area (Å²) in [5, 5.41) is 5.01. The number of carbonyl (C=O) groups is 3. The molecular formula is C20H26F2N2O4. The summed E-state index contributed by atoms with van der Waals surface area (Å²) in [4.78, 5) is 36.4. The van der Waals surface area contributed by atoms with Crippen LogP contribution in [0.3, 0.4) is 0 Å². The smallest absolute Gasteiger partial charge is 0.328 e. The number of nitrogens with one attached hydrogen (secondary N) is 2. The van der Waals surface area contributed by atoms with Crippen molar-refractivity contribution in [2.75, 3.05) is 7.11 Å². The first-order chi connectivity index (χ1) is 13.3. The number of hydrogen-bond acceptors (Lipinski definition) is 4. The molecule has 0 aliphatic heterocycles. The van der Waals surface area contributed by atoms with Crippen LogP contribution in [0, 0.1) is 11.6 Å². The van der Waals surface area contributed by atoms with E-state index in [2.05, 4.69) is 15.4 Å². The lowest BCUT2D eigenvalue weighted by atomic mass is 10.0. The maximum absolute atomic E-state index is 13.5. The van der Waals surface area contributed by atoms with Gasteiger partial charge in [0.1, 0.15) is 23.7 Å². The zero-order valence-corrected chi connectivity index (χ0v) is 16.3. The Kier molecular flexibility index (Phi) is 9.84. The summed E-state index contributed by atoms with van der Waals surface area (Å²) in [6, 6.07) is 0.866. The summed E-state index contributed by atoms with van der Waals surface area (Å²) in [6.07, 6.45) is 4.64. The monoisotopic (exact) mass is 396 g/mol. The van der Waals surface area contributed by atoms with Crippen molar-refractivity contribution < 1.29 is 27.9 Å². The summed E-state index contributed by atoms with van der Waals surface area (Å²) < 4.78 is 31.6. The second kappa shape index (κ2) is 11.8. The molecule has 0 aromatic heterocycles. The molecule has 6 nitrogen and oxygen atoms in total. The van der Waals surface area contributed by atoms with Crippen LogP contribution in [0.15, 0.2) is 30.4 Å². The molecule has 2 N–H and O–H groups in total. The molecule has 0 fully saturated rings. The molecule has 2 atom stereocenters. The molecule has 28 heavy (non-hydrogen) atoms. The highest BCUT2D eigenvalue weighted by Gasteiger charge is 2.26. The number of rotatable bonds is 10. The van der Waals surface area contributed by atoms with Crippen molar-refractivity contribution >= 4 is 17.8 Å².